The van der Waals surface area contributed by atoms with Gasteiger partial charge in [0.15, 0.2) is 31.5 Å². The lowest BCUT2D eigenvalue weighted by atomic mass is 9.95. The van der Waals surface area contributed by atoms with Crippen molar-refractivity contribution in [2.24, 2.45) is 0 Å². The van der Waals surface area contributed by atoms with E-state index in [0.29, 0.717) is 0 Å². The lowest BCUT2D eigenvalue weighted by molar-refractivity contribution is -0.415. The van der Waals surface area contributed by atoms with Gasteiger partial charge in [0.25, 0.3) is 0 Å². The van der Waals surface area contributed by atoms with Crippen LogP contribution in [0.15, 0.2) is 0 Å². The van der Waals surface area contributed by atoms with E-state index in [9.17, 15) is 86.8 Å². The van der Waals surface area contributed by atoms with Crippen molar-refractivity contribution in [2.75, 3.05) is 33.0 Å². The summed E-state index contributed by atoms with van der Waals surface area (Å²) in [6.45, 7) is -4.75. The molecule has 5 saturated heterocycles. The molecule has 56 heavy (non-hydrogen) atoms. The number of aliphatic hydroxyl groups excluding tert-OH is 17. The zero-order valence-corrected chi connectivity index (χ0v) is 29.2. The van der Waals surface area contributed by atoms with E-state index in [2.05, 4.69) is 0 Å². The monoisotopic (exact) mass is 828 g/mol. The first-order valence-electron chi connectivity index (χ1n) is 17.6. The van der Waals surface area contributed by atoms with Gasteiger partial charge >= 0.3 is 0 Å². The van der Waals surface area contributed by atoms with Crippen LogP contribution in [0, 0.1) is 0 Å². The highest BCUT2D eigenvalue weighted by molar-refractivity contribution is 4.99. The van der Waals surface area contributed by atoms with Crippen LogP contribution in [0.3, 0.4) is 0 Å². The SMILES string of the molecule is OC[C@H]1O[C@H](O[C@H]2[C@@H](O[C@H]3[C@@H](O[C@@H]4[C@@H](O)[C@H](O)O[C@H](CO)[C@H]4O)O[C@H](CO)[C@@H](O)[C@@H]3O[C@H]3O[C@H](CO)[C@@H](O)[C@H](O)[C@H]3O)O[C@H](CO)[C@H](O)[C@@H]2O)[C@H](O)[C@@H](O)[C@H]1O. The Morgan fingerprint density at radius 1 is 0.268 bits per heavy atom. The van der Waals surface area contributed by atoms with E-state index >= 15 is 0 Å². The summed E-state index contributed by atoms with van der Waals surface area (Å²) in [6.07, 6.45) is -48.8. The van der Waals surface area contributed by atoms with Gasteiger partial charge in [-0.05, 0) is 0 Å². The molecule has 5 heterocycles. The van der Waals surface area contributed by atoms with Crippen molar-refractivity contribution in [3.05, 3.63) is 0 Å². The Morgan fingerprint density at radius 2 is 0.589 bits per heavy atom. The van der Waals surface area contributed by atoms with E-state index in [-0.39, 0.29) is 0 Å². The summed E-state index contributed by atoms with van der Waals surface area (Å²) in [4.78, 5) is 0. The van der Waals surface area contributed by atoms with E-state index in [0.717, 1.165) is 0 Å². The standard InChI is InChI=1S/C30H52O26/c31-1-6-11(36)16(41)19(44)27(49-6)54-23-15(40)10(5-35)52-30(53-22-14(39)9(4-34)48-26(47)21(22)46)25(23)56-29-24(18(43)13(38)8(3-33)51-29)55-28-20(45)17(42)12(37)7(2-32)50-28/h6-47H,1-5H2/t6-,7-,8-,9-,10-,11-,12+,13+,14-,15-,16+,17+,18+,19-,20-,21-,22+,23+,24-,25-,26-,27-,28-,29-,30-/m1/s1. The van der Waals surface area contributed by atoms with Gasteiger partial charge in [-0.3, -0.25) is 0 Å². The van der Waals surface area contributed by atoms with Crippen molar-refractivity contribution < 1.29 is 129 Å². The van der Waals surface area contributed by atoms with Crippen LogP contribution in [-0.4, -0.2) is 273 Å². The number of rotatable bonds is 13. The first-order valence-corrected chi connectivity index (χ1v) is 17.6. The Bertz CT molecular complexity index is 1200. The molecule has 26 nitrogen and oxygen atoms in total. The van der Waals surface area contributed by atoms with E-state index in [1.165, 1.54) is 0 Å². The van der Waals surface area contributed by atoms with Crippen LogP contribution in [0.4, 0.5) is 0 Å². The molecule has 5 aliphatic rings. The highest BCUT2D eigenvalue weighted by atomic mass is 16.8. The first kappa shape index (κ1) is 46.0. The van der Waals surface area contributed by atoms with Crippen molar-refractivity contribution in [1.29, 1.82) is 0 Å². The second-order valence-corrected chi connectivity index (χ2v) is 13.9. The average molecular weight is 829 g/mol. The molecule has 0 spiro atoms. The van der Waals surface area contributed by atoms with Crippen LogP contribution in [0.25, 0.3) is 0 Å². The Hall–Kier alpha value is -1.04. The molecule has 0 aliphatic carbocycles. The minimum Gasteiger partial charge on any atom is -0.394 e. The van der Waals surface area contributed by atoms with Gasteiger partial charge in [0.1, 0.15) is 122 Å². The van der Waals surface area contributed by atoms with E-state index in [1.54, 1.807) is 0 Å². The van der Waals surface area contributed by atoms with Gasteiger partial charge in [0, 0.05) is 0 Å². The fourth-order valence-electron chi connectivity index (χ4n) is 6.97. The third-order valence-corrected chi connectivity index (χ3v) is 10.3. The third-order valence-electron chi connectivity index (χ3n) is 10.3. The molecule has 26 heteroatoms. The second kappa shape index (κ2) is 19.6. The number of ether oxygens (including phenoxy) is 9. The summed E-state index contributed by atoms with van der Waals surface area (Å²) >= 11 is 0. The molecule has 17 N–H and O–H groups in total. The maximum atomic E-state index is 11.4. The Balaban J connectivity index is 1.54. The van der Waals surface area contributed by atoms with Crippen molar-refractivity contribution >= 4 is 0 Å². The van der Waals surface area contributed by atoms with Crippen molar-refractivity contribution in [1.82, 2.24) is 0 Å². The smallest absolute Gasteiger partial charge is 0.187 e. The average Bonchev–Trinajstić information content (AvgIpc) is 3.19. The molecule has 5 rings (SSSR count). The summed E-state index contributed by atoms with van der Waals surface area (Å²) in [7, 11) is 0. The van der Waals surface area contributed by atoms with Gasteiger partial charge < -0.3 is 129 Å². The molecule has 0 amide bonds. The topological polar surface area (TPSA) is 427 Å². The van der Waals surface area contributed by atoms with Crippen LogP contribution in [0.1, 0.15) is 0 Å². The minimum atomic E-state index is -2.14. The van der Waals surface area contributed by atoms with Gasteiger partial charge in [-0.25, -0.2) is 0 Å². The first-order chi connectivity index (χ1) is 26.5. The quantitative estimate of drug-likeness (QED) is 0.0819. The summed E-state index contributed by atoms with van der Waals surface area (Å²) in [5, 5.41) is 177. The summed E-state index contributed by atoms with van der Waals surface area (Å²) in [6, 6.07) is 0. The highest BCUT2D eigenvalue weighted by Gasteiger charge is 2.58. The Kier molecular flexibility index (Phi) is 16.1. The number of aliphatic hydroxyl groups is 17. The maximum Gasteiger partial charge on any atom is 0.187 e. The molecule has 5 aliphatic heterocycles. The van der Waals surface area contributed by atoms with Gasteiger partial charge in [0.2, 0.25) is 0 Å². The van der Waals surface area contributed by atoms with Gasteiger partial charge in [0.05, 0.1) is 33.0 Å². The van der Waals surface area contributed by atoms with Crippen LogP contribution in [0.2, 0.25) is 0 Å². The zero-order chi connectivity index (χ0) is 41.3. The molecule has 0 aromatic rings. The molecule has 5 fully saturated rings. The fourth-order valence-corrected chi connectivity index (χ4v) is 6.97. The largest absolute Gasteiger partial charge is 0.394 e. The number of hydrogen-bond acceptors (Lipinski definition) is 26. The maximum absolute atomic E-state index is 11.4. The van der Waals surface area contributed by atoms with Crippen LogP contribution in [-0.2, 0) is 42.6 Å². The molecule has 328 valence electrons. The highest BCUT2D eigenvalue weighted by Crippen LogP contribution is 2.37. The summed E-state index contributed by atoms with van der Waals surface area (Å²) in [5.74, 6) is 0. The molecule has 0 bridgehead atoms. The Morgan fingerprint density at radius 3 is 1.05 bits per heavy atom. The van der Waals surface area contributed by atoms with Gasteiger partial charge in [-0.1, -0.05) is 0 Å². The van der Waals surface area contributed by atoms with E-state index < -0.39 is 187 Å². The fraction of sp³-hybridized carbons (Fsp3) is 1.00. The lowest BCUT2D eigenvalue weighted by Crippen LogP contribution is -2.69. The molecule has 25 atom stereocenters. The van der Waals surface area contributed by atoms with Crippen LogP contribution in [0.5, 0.6) is 0 Å². The molecule has 0 aromatic heterocycles. The minimum absolute atomic E-state index is 0.904. The van der Waals surface area contributed by atoms with Gasteiger partial charge in [-0.2, -0.15) is 0 Å². The molecule has 0 aromatic carbocycles. The normalized spacial score (nSPS) is 53.2. The van der Waals surface area contributed by atoms with E-state index in [1.807, 2.05) is 0 Å². The summed E-state index contributed by atoms with van der Waals surface area (Å²) in [5.41, 5.74) is 0. The number of hydrogen-bond donors (Lipinski definition) is 17. The molecule has 0 radical (unpaired) electrons. The van der Waals surface area contributed by atoms with Crippen LogP contribution < -0.4 is 0 Å². The summed E-state index contributed by atoms with van der Waals surface area (Å²) < 4.78 is 50.6. The van der Waals surface area contributed by atoms with Crippen molar-refractivity contribution in [3.8, 4) is 0 Å². The molecule has 0 saturated carbocycles. The third kappa shape index (κ3) is 9.16. The van der Waals surface area contributed by atoms with Crippen molar-refractivity contribution in [2.45, 2.75) is 154 Å². The zero-order valence-electron chi connectivity index (χ0n) is 29.2. The Labute approximate surface area is 316 Å². The van der Waals surface area contributed by atoms with Gasteiger partial charge in [-0.15, -0.1) is 0 Å². The van der Waals surface area contributed by atoms with E-state index in [4.69, 9.17) is 42.6 Å². The molecular formula is C30H52O26. The van der Waals surface area contributed by atoms with Crippen molar-refractivity contribution in [3.63, 3.8) is 0 Å². The molecule has 0 unspecified atom stereocenters. The predicted molar refractivity (Wildman–Crippen MR) is 167 cm³/mol. The second-order valence-electron chi connectivity index (χ2n) is 13.9. The predicted octanol–water partition coefficient (Wildman–Crippen LogP) is -11.9. The van der Waals surface area contributed by atoms with Crippen LogP contribution >= 0.6 is 0 Å². The lowest BCUT2D eigenvalue weighted by Gasteiger charge is -2.51. The molecular weight excluding hydrogens is 776 g/mol.